The van der Waals surface area contributed by atoms with Gasteiger partial charge in [-0.25, -0.2) is 15.0 Å². The number of benzene rings is 5. The average Bonchev–Trinajstić information content (AvgIpc) is 3.50. The van der Waals surface area contributed by atoms with E-state index in [1.165, 1.54) is 27.6 Å². The Morgan fingerprint density at radius 1 is 0.719 bits per heavy atom. The van der Waals surface area contributed by atoms with E-state index in [1.807, 2.05) is 73.1 Å². The molecule has 0 aliphatic carbocycles. The Hall–Kier alpha value is -7.18. The predicted molar refractivity (Wildman–Crippen MR) is 238 cm³/mol. The molecule has 0 saturated heterocycles. The van der Waals surface area contributed by atoms with Gasteiger partial charge in [-0.2, -0.15) is 0 Å². The normalized spacial score (nSPS) is 15.6. The highest BCUT2D eigenvalue weighted by Crippen LogP contribution is 2.51. The summed E-state index contributed by atoms with van der Waals surface area (Å²) in [6, 6.07) is 41.5. The lowest BCUT2D eigenvalue weighted by Gasteiger charge is -2.36. The van der Waals surface area contributed by atoms with Crippen LogP contribution in [0, 0.1) is 19.8 Å². The van der Waals surface area contributed by atoms with Crippen LogP contribution in [0.5, 0.6) is 0 Å². The van der Waals surface area contributed by atoms with Crippen LogP contribution in [0.15, 0.2) is 181 Å². The van der Waals surface area contributed by atoms with Crippen molar-refractivity contribution in [3.8, 4) is 22.5 Å². The molecule has 7 aromatic rings. The molecule has 0 bridgehead atoms. The van der Waals surface area contributed by atoms with E-state index in [0.29, 0.717) is 5.84 Å². The van der Waals surface area contributed by atoms with Crippen LogP contribution in [0.3, 0.4) is 0 Å². The lowest BCUT2D eigenvalue weighted by molar-refractivity contribution is 0.599. The van der Waals surface area contributed by atoms with Crippen LogP contribution in [0.2, 0.25) is 0 Å². The van der Waals surface area contributed by atoms with Gasteiger partial charge in [0.2, 0.25) is 0 Å². The molecular formula is C51H42N6. The number of amidine groups is 2. The van der Waals surface area contributed by atoms with Crippen LogP contribution in [0.1, 0.15) is 46.3 Å². The van der Waals surface area contributed by atoms with Gasteiger partial charge in [0.05, 0.1) is 28.6 Å². The largest absolute Gasteiger partial charge is 0.377 e. The highest BCUT2D eigenvalue weighted by atomic mass is 15.1. The summed E-state index contributed by atoms with van der Waals surface area (Å²) in [5.41, 5.74) is 13.6. The van der Waals surface area contributed by atoms with Crippen LogP contribution >= 0.6 is 0 Å². The quantitative estimate of drug-likeness (QED) is 0.120. The van der Waals surface area contributed by atoms with Crippen LogP contribution < -0.4 is 10.6 Å². The number of para-hydroxylation sites is 1. The second kappa shape index (κ2) is 15.2. The van der Waals surface area contributed by atoms with Crippen LogP contribution in [0.25, 0.3) is 49.9 Å². The molecule has 0 spiro atoms. The van der Waals surface area contributed by atoms with Gasteiger partial charge in [0.15, 0.2) is 5.84 Å². The van der Waals surface area contributed by atoms with Crippen LogP contribution in [-0.2, 0) is 0 Å². The molecule has 2 aromatic heterocycles. The van der Waals surface area contributed by atoms with Gasteiger partial charge in [-0.15, -0.1) is 0 Å². The molecule has 6 heteroatoms. The monoisotopic (exact) mass is 738 g/mol. The summed E-state index contributed by atoms with van der Waals surface area (Å²) in [5.74, 6) is 1.50. The van der Waals surface area contributed by atoms with Gasteiger partial charge in [0, 0.05) is 51.1 Å². The van der Waals surface area contributed by atoms with E-state index >= 15 is 0 Å². The van der Waals surface area contributed by atoms with Crippen molar-refractivity contribution in [1.82, 2.24) is 15.3 Å². The Bertz CT molecular complexity index is 2830. The van der Waals surface area contributed by atoms with E-state index in [-0.39, 0.29) is 12.0 Å². The zero-order valence-corrected chi connectivity index (χ0v) is 32.2. The molecule has 9 rings (SSSR count). The third kappa shape index (κ3) is 6.55. The Balaban J connectivity index is 1.26. The van der Waals surface area contributed by atoms with E-state index < -0.39 is 0 Å². The van der Waals surface area contributed by atoms with Gasteiger partial charge in [-0.05, 0) is 71.7 Å². The maximum absolute atomic E-state index is 5.29. The number of hydrogen-bond acceptors (Lipinski definition) is 6. The van der Waals surface area contributed by atoms with Crippen LogP contribution in [-0.4, -0.2) is 21.6 Å². The highest BCUT2D eigenvalue weighted by Gasteiger charge is 2.33. The lowest BCUT2D eigenvalue weighted by Crippen LogP contribution is -2.25. The molecule has 57 heavy (non-hydrogen) atoms. The first-order chi connectivity index (χ1) is 28.0. The third-order valence-electron chi connectivity index (χ3n) is 11.0. The Kier molecular flexibility index (Phi) is 9.45. The van der Waals surface area contributed by atoms with Crippen molar-refractivity contribution < 1.29 is 0 Å². The number of aromatic nitrogens is 2. The van der Waals surface area contributed by atoms with E-state index in [2.05, 4.69) is 123 Å². The molecule has 0 amide bonds. The molecule has 5 aromatic carbocycles. The number of aryl methyl sites for hydroxylation is 2. The Morgan fingerprint density at radius 2 is 1.47 bits per heavy atom. The summed E-state index contributed by atoms with van der Waals surface area (Å²) in [6.45, 7) is 10.7. The minimum Gasteiger partial charge on any atom is -0.377 e. The molecule has 0 saturated carbocycles. The van der Waals surface area contributed by atoms with E-state index in [1.54, 1.807) is 6.08 Å². The Labute approximate surface area is 333 Å². The maximum atomic E-state index is 5.29. The molecule has 2 aliphatic rings. The standard InChI is InChI=1S/C51H42N6/c1-5-6-7-10-19-32(2)48-46-33(3)44-38-24-15-16-25-40(38)54-49(41-26-17-18-29-52-41)47(44)34(4)45(46)39-28-27-37(30-42(39)55-48)50-53-31-43(35-20-11-8-12-21-35)56-51(57-50)36-22-13-9-14-23-36/h5-32,48,55H,1H2,2-4H3,(H,53,56,57)/b7-6-,19-10-. The molecule has 2 atom stereocenters. The molecule has 0 fully saturated rings. The molecule has 2 N–H and O–H groups in total. The first-order valence-electron chi connectivity index (χ1n) is 19.4. The number of nitrogens with one attached hydrogen (secondary N) is 2. The highest BCUT2D eigenvalue weighted by molar-refractivity contribution is 6.17. The molecule has 4 heterocycles. The summed E-state index contributed by atoms with van der Waals surface area (Å²) >= 11 is 0. The number of allylic oxidation sites excluding steroid dienone is 4. The first kappa shape index (κ1) is 35.5. The second-order valence-electron chi connectivity index (χ2n) is 14.5. The van der Waals surface area contributed by atoms with Gasteiger partial charge >= 0.3 is 0 Å². The van der Waals surface area contributed by atoms with Crippen LogP contribution in [0.4, 0.5) is 5.69 Å². The number of pyridine rings is 2. The fourth-order valence-electron chi connectivity index (χ4n) is 8.26. The van der Waals surface area contributed by atoms with Gasteiger partial charge < -0.3 is 10.6 Å². The summed E-state index contributed by atoms with van der Waals surface area (Å²) < 4.78 is 0. The van der Waals surface area contributed by atoms with Crippen molar-refractivity contribution in [3.63, 3.8) is 0 Å². The van der Waals surface area contributed by atoms with E-state index in [4.69, 9.17) is 20.0 Å². The second-order valence-corrected chi connectivity index (χ2v) is 14.5. The number of fused-ring (bicyclic) bond motifs is 6. The minimum atomic E-state index is -0.0282. The first-order valence-corrected chi connectivity index (χ1v) is 19.4. The summed E-state index contributed by atoms with van der Waals surface area (Å²) in [7, 11) is 0. The molecular weight excluding hydrogens is 697 g/mol. The van der Waals surface area contributed by atoms with Gasteiger partial charge in [0.1, 0.15) is 5.84 Å². The average molecular weight is 739 g/mol. The van der Waals surface area contributed by atoms with Gasteiger partial charge in [-0.3, -0.25) is 4.98 Å². The molecule has 276 valence electrons. The SMILES string of the molecule is C=C/C=C\C=C/C(C)C1Nc2cc(C3=NC(c4ccccc4)=NC(c4ccccc4)=CN3)ccc2-c2c1c(C)c1c(c(-c3ccccn3)nc3ccccc31)c2C. The minimum absolute atomic E-state index is 0.0282. The number of hydrogen-bond donors (Lipinski definition) is 2. The fourth-order valence-corrected chi connectivity index (χ4v) is 8.26. The summed E-state index contributed by atoms with van der Waals surface area (Å²) in [4.78, 5) is 20.4. The fraction of sp³-hybridized carbons (Fsp3) is 0.0980. The topological polar surface area (TPSA) is 74.6 Å². The molecule has 6 nitrogen and oxygen atoms in total. The van der Waals surface area contributed by atoms with Crippen molar-refractivity contribution in [3.05, 3.63) is 204 Å². The molecule has 0 radical (unpaired) electrons. The predicted octanol–water partition coefficient (Wildman–Crippen LogP) is 11.9. The lowest BCUT2D eigenvalue weighted by atomic mass is 9.76. The number of aliphatic imine (C=N–C) groups is 2. The molecule has 2 aliphatic heterocycles. The zero-order valence-electron chi connectivity index (χ0n) is 32.2. The summed E-state index contributed by atoms with van der Waals surface area (Å²) in [6.07, 6.45) is 14.0. The third-order valence-corrected chi connectivity index (χ3v) is 11.0. The zero-order chi connectivity index (χ0) is 38.9. The van der Waals surface area contributed by atoms with Crippen molar-refractivity contribution >= 4 is 44.7 Å². The summed E-state index contributed by atoms with van der Waals surface area (Å²) in [5, 5.41) is 11.1. The number of nitrogens with zero attached hydrogens (tertiary/aromatic N) is 4. The number of rotatable bonds is 8. The van der Waals surface area contributed by atoms with Crippen molar-refractivity contribution in [2.45, 2.75) is 26.8 Å². The van der Waals surface area contributed by atoms with E-state index in [0.717, 1.165) is 67.2 Å². The van der Waals surface area contributed by atoms with Crippen molar-refractivity contribution in [2.24, 2.45) is 15.9 Å². The molecule has 2 unspecified atom stereocenters. The van der Waals surface area contributed by atoms with Gasteiger partial charge in [-0.1, -0.05) is 141 Å². The van der Waals surface area contributed by atoms with Crippen molar-refractivity contribution in [1.29, 1.82) is 0 Å². The smallest absolute Gasteiger partial charge is 0.162 e. The van der Waals surface area contributed by atoms with Crippen molar-refractivity contribution in [2.75, 3.05) is 5.32 Å². The number of anilines is 1. The maximum Gasteiger partial charge on any atom is 0.162 e. The van der Waals surface area contributed by atoms with E-state index in [9.17, 15) is 0 Å². The Morgan fingerprint density at radius 3 is 2.25 bits per heavy atom. The van der Waals surface area contributed by atoms with Gasteiger partial charge in [0.25, 0.3) is 0 Å².